The predicted molar refractivity (Wildman–Crippen MR) is 105 cm³/mol. The molecule has 0 aromatic heterocycles. The Labute approximate surface area is 161 Å². The summed E-state index contributed by atoms with van der Waals surface area (Å²) in [6.45, 7) is 5.82. The van der Waals surface area contributed by atoms with Crippen LogP contribution in [-0.4, -0.2) is 31.1 Å². The van der Waals surface area contributed by atoms with Crippen molar-refractivity contribution in [1.29, 1.82) is 5.26 Å². The van der Waals surface area contributed by atoms with Gasteiger partial charge in [-0.05, 0) is 48.7 Å². The molecular formula is C22H26N2O3. The van der Waals surface area contributed by atoms with E-state index in [1.807, 2.05) is 25.1 Å². The lowest BCUT2D eigenvalue weighted by molar-refractivity contribution is 0.0743. The fraction of sp³-hybridized carbons (Fsp3) is 0.364. The van der Waals surface area contributed by atoms with Gasteiger partial charge < -0.3 is 14.4 Å². The minimum absolute atomic E-state index is 0.0840. The first-order chi connectivity index (χ1) is 13.1. The van der Waals surface area contributed by atoms with Gasteiger partial charge in [0.1, 0.15) is 0 Å². The maximum absolute atomic E-state index is 12.9. The standard InChI is InChI=1S/C22H26N2O3/c1-4-11-24(22(25)19-8-6-7-17(13-19)15-23)16-18-9-10-20(27-12-5-2)21(14-18)26-3/h6-10,13-14H,4-5,11-12,16H2,1-3H3. The lowest BCUT2D eigenvalue weighted by atomic mass is 10.1. The highest BCUT2D eigenvalue weighted by Crippen LogP contribution is 2.29. The monoisotopic (exact) mass is 366 g/mol. The fourth-order valence-electron chi connectivity index (χ4n) is 2.79. The fourth-order valence-corrected chi connectivity index (χ4v) is 2.79. The lowest BCUT2D eigenvalue weighted by Gasteiger charge is -2.23. The first-order valence-corrected chi connectivity index (χ1v) is 9.22. The van der Waals surface area contributed by atoms with Crippen LogP contribution in [0.2, 0.25) is 0 Å². The molecule has 5 heteroatoms. The van der Waals surface area contributed by atoms with E-state index in [9.17, 15) is 4.79 Å². The molecule has 1 amide bonds. The van der Waals surface area contributed by atoms with Gasteiger partial charge in [-0.2, -0.15) is 5.26 Å². The first-order valence-electron chi connectivity index (χ1n) is 9.22. The SMILES string of the molecule is CCCOc1ccc(CN(CCC)C(=O)c2cccc(C#N)c2)cc1OC. The number of benzene rings is 2. The highest BCUT2D eigenvalue weighted by atomic mass is 16.5. The summed E-state index contributed by atoms with van der Waals surface area (Å²) < 4.78 is 11.1. The molecular weight excluding hydrogens is 340 g/mol. The highest BCUT2D eigenvalue weighted by Gasteiger charge is 2.17. The summed E-state index contributed by atoms with van der Waals surface area (Å²) >= 11 is 0. The third-order valence-electron chi connectivity index (χ3n) is 4.08. The van der Waals surface area contributed by atoms with Gasteiger partial charge in [0.2, 0.25) is 0 Å². The van der Waals surface area contributed by atoms with Gasteiger partial charge in [-0.1, -0.05) is 26.0 Å². The molecule has 142 valence electrons. The second-order valence-corrected chi connectivity index (χ2v) is 6.25. The van der Waals surface area contributed by atoms with E-state index in [4.69, 9.17) is 14.7 Å². The number of hydrogen-bond acceptors (Lipinski definition) is 4. The molecule has 0 aliphatic heterocycles. The summed E-state index contributed by atoms with van der Waals surface area (Å²) in [4.78, 5) is 14.7. The molecule has 0 heterocycles. The number of carbonyl (C=O) groups excluding carboxylic acids is 1. The van der Waals surface area contributed by atoms with Crippen LogP contribution in [-0.2, 0) is 6.54 Å². The summed E-state index contributed by atoms with van der Waals surface area (Å²) in [5.41, 5.74) is 1.97. The van der Waals surface area contributed by atoms with Crippen LogP contribution in [0.1, 0.15) is 48.2 Å². The molecule has 2 aromatic carbocycles. The van der Waals surface area contributed by atoms with E-state index in [1.165, 1.54) is 0 Å². The third kappa shape index (κ3) is 5.49. The molecule has 2 rings (SSSR count). The molecule has 2 aromatic rings. The van der Waals surface area contributed by atoms with Crippen LogP contribution in [0.5, 0.6) is 11.5 Å². The number of nitriles is 1. The summed E-state index contributed by atoms with van der Waals surface area (Å²) in [6, 6.07) is 14.6. The Morgan fingerprint density at radius 3 is 2.59 bits per heavy atom. The van der Waals surface area contributed by atoms with E-state index in [0.29, 0.717) is 42.3 Å². The van der Waals surface area contributed by atoms with Gasteiger partial charge in [-0.3, -0.25) is 4.79 Å². The van der Waals surface area contributed by atoms with E-state index in [1.54, 1.807) is 36.3 Å². The number of rotatable bonds is 9. The number of hydrogen-bond donors (Lipinski definition) is 0. The molecule has 0 fully saturated rings. The van der Waals surface area contributed by atoms with Crippen LogP contribution in [0.15, 0.2) is 42.5 Å². The van der Waals surface area contributed by atoms with E-state index >= 15 is 0 Å². The molecule has 0 radical (unpaired) electrons. The van der Waals surface area contributed by atoms with Gasteiger partial charge in [0.05, 0.1) is 25.3 Å². The number of methoxy groups -OCH3 is 1. The molecule has 27 heavy (non-hydrogen) atoms. The molecule has 0 atom stereocenters. The van der Waals surface area contributed by atoms with Gasteiger partial charge in [-0.25, -0.2) is 0 Å². The Morgan fingerprint density at radius 1 is 1.11 bits per heavy atom. The zero-order chi connectivity index (χ0) is 19.6. The topological polar surface area (TPSA) is 62.6 Å². The van der Waals surface area contributed by atoms with E-state index < -0.39 is 0 Å². The second kappa shape index (κ2) is 10.2. The third-order valence-corrected chi connectivity index (χ3v) is 4.08. The smallest absolute Gasteiger partial charge is 0.254 e. The zero-order valence-corrected chi connectivity index (χ0v) is 16.2. The number of amides is 1. The summed E-state index contributed by atoms with van der Waals surface area (Å²) in [6.07, 6.45) is 1.77. The molecule has 0 saturated heterocycles. The van der Waals surface area contributed by atoms with Crippen molar-refractivity contribution in [1.82, 2.24) is 4.90 Å². The molecule has 0 unspecified atom stereocenters. The average molecular weight is 366 g/mol. The van der Waals surface area contributed by atoms with Crippen LogP contribution in [0, 0.1) is 11.3 Å². The normalized spacial score (nSPS) is 10.1. The number of ether oxygens (including phenoxy) is 2. The van der Waals surface area contributed by atoms with Crippen molar-refractivity contribution < 1.29 is 14.3 Å². The van der Waals surface area contributed by atoms with Gasteiger partial charge >= 0.3 is 0 Å². The maximum atomic E-state index is 12.9. The molecule has 0 aliphatic carbocycles. The summed E-state index contributed by atoms with van der Waals surface area (Å²) in [5.74, 6) is 1.29. The Morgan fingerprint density at radius 2 is 1.93 bits per heavy atom. The van der Waals surface area contributed by atoms with E-state index in [0.717, 1.165) is 18.4 Å². The first kappa shape index (κ1) is 20.3. The Kier molecular flexibility index (Phi) is 7.69. The van der Waals surface area contributed by atoms with Crippen molar-refractivity contribution in [3.05, 3.63) is 59.2 Å². The van der Waals surface area contributed by atoms with Crippen molar-refractivity contribution in [2.75, 3.05) is 20.3 Å². The van der Waals surface area contributed by atoms with E-state index in [-0.39, 0.29) is 5.91 Å². The van der Waals surface area contributed by atoms with Crippen LogP contribution in [0.4, 0.5) is 0 Å². The van der Waals surface area contributed by atoms with Crippen molar-refractivity contribution in [3.63, 3.8) is 0 Å². The highest BCUT2D eigenvalue weighted by molar-refractivity contribution is 5.94. The molecule has 0 aliphatic rings. The van der Waals surface area contributed by atoms with E-state index in [2.05, 4.69) is 13.0 Å². The Balaban J connectivity index is 2.22. The minimum Gasteiger partial charge on any atom is -0.493 e. The molecule has 0 spiro atoms. The van der Waals surface area contributed by atoms with Crippen molar-refractivity contribution in [2.45, 2.75) is 33.2 Å². The minimum atomic E-state index is -0.0840. The zero-order valence-electron chi connectivity index (χ0n) is 16.2. The summed E-state index contributed by atoms with van der Waals surface area (Å²) in [7, 11) is 1.61. The predicted octanol–water partition coefficient (Wildman–Crippen LogP) is 4.41. The van der Waals surface area contributed by atoms with Gasteiger partial charge in [0.15, 0.2) is 11.5 Å². The van der Waals surface area contributed by atoms with Gasteiger partial charge in [0.25, 0.3) is 5.91 Å². The quantitative estimate of drug-likeness (QED) is 0.659. The maximum Gasteiger partial charge on any atom is 0.254 e. The van der Waals surface area contributed by atoms with Crippen LogP contribution < -0.4 is 9.47 Å². The Bertz CT molecular complexity index is 811. The number of carbonyl (C=O) groups is 1. The van der Waals surface area contributed by atoms with Crippen molar-refractivity contribution >= 4 is 5.91 Å². The average Bonchev–Trinajstić information content (AvgIpc) is 2.71. The van der Waals surface area contributed by atoms with Crippen LogP contribution in [0.3, 0.4) is 0 Å². The largest absolute Gasteiger partial charge is 0.493 e. The molecule has 5 nitrogen and oxygen atoms in total. The molecule has 0 bridgehead atoms. The molecule has 0 N–H and O–H groups in total. The van der Waals surface area contributed by atoms with Gasteiger partial charge in [0, 0.05) is 18.7 Å². The summed E-state index contributed by atoms with van der Waals surface area (Å²) in [5, 5.41) is 9.07. The lowest BCUT2D eigenvalue weighted by Crippen LogP contribution is -2.31. The van der Waals surface area contributed by atoms with Crippen molar-refractivity contribution in [2.24, 2.45) is 0 Å². The van der Waals surface area contributed by atoms with Crippen LogP contribution >= 0.6 is 0 Å². The van der Waals surface area contributed by atoms with Gasteiger partial charge in [-0.15, -0.1) is 0 Å². The number of nitrogens with zero attached hydrogens (tertiary/aromatic N) is 2. The second-order valence-electron chi connectivity index (χ2n) is 6.25. The van der Waals surface area contributed by atoms with Crippen molar-refractivity contribution in [3.8, 4) is 17.6 Å². The van der Waals surface area contributed by atoms with Crippen LogP contribution in [0.25, 0.3) is 0 Å². The Hall–Kier alpha value is -3.00. The molecule has 0 saturated carbocycles.